The van der Waals surface area contributed by atoms with Crippen LogP contribution in [0.5, 0.6) is 0 Å². The van der Waals surface area contributed by atoms with Gasteiger partial charge in [-0.2, -0.15) is 5.10 Å². The van der Waals surface area contributed by atoms with Crippen molar-refractivity contribution in [3.05, 3.63) is 71.4 Å². The first-order chi connectivity index (χ1) is 13.6. The van der Waals surface area contributed by atoms with Crippen molar-refractivity contribution in [1.29, 1.82) is 0 Å². The number of amides is 1. The van der Waals surface area contributed by atoms with E-state index in [1.54, 1.807) is 4.68 Å². The number of rotatable bonds is 3. The van der Waals surface area contributed by atoms with Gasteiger partial charge in [-0.05, 0) is 50.3 Å². The molecule has 28 heavy (non-hydrogen) atoms. The molecule has 6 heteroatoms. The molecule has 0 saturated carbocycles. The summed E-state index contributed by atoms with van der Waals surface area (Å²) >= 11 is 6.02. The number of para-hydroxylation sites is 1. The molecule has 4 rings (SSSR count). The van der Waals surface area contributed by atoms with E-state index in [-0.39, 0.29) is 5.91 Å². The third kappa shape index (κ3) is 3.96. The van der Waals surface area contributed by atoms with Gasteiger partial charge in [0.2, 0.25) is 0 Å². The summed E-state index contributed by atoms with van der Waals surface area (Å²) < 4.78 is 1.75. The Morgan fingerprint density at radius 3 is 2.46 bits per heavy atom. The number of carbonyl (C=O) groups excluding carboxylic acids is 1. The van der Waals surface area contributed by atoms with Gasteiger partial charge in [0.1, 0.15) is 5.69 Å². The molecule has 2 aromatic carbocycles. The number of aromatic nitrogens is 2. The van der Waals surface area contributed by atoms with Crippen LogP contribution < -0.4 is 0 Å². The minimum absolute atomic E-state index is 0.0202. The zero-order valence-corrected chi connectivity index (χ0v) is 16.6. The van der Waals surface area contributed by atoms with Crippen molar-refractivity contribution < 1.29 is 4.79 Å². The van der Waals surface area contributed by atoms with Crippen LogP contribution in [0, 0.1) is 0 Å². The summed E-state index contributed by atoms with van der Waals surface area (Å²) in [5.41, 5.74) is 3.15. The third-order valence-electron chi connectivity index (χ3n) is 5.08. The van der Waals surface area contributed by atoms with E-state index in [1.165, 1.54) is 0 Å². The van der Waals surface area contributed by atoms with Gasteiger partial charge in [-0.1, -0.05) is 41.9 Å². The van der Waals surface area contributed by atoms with Crippen LogP contribution in [0.3, 0.4) is 0 Å². The monoisotopic (exact) mass is 394 g/mol. The fourth-order valence-electron chi connectivity index (χ4n) is 3.47. The van der Waals surface area contributed by atoms with Gasteiger partial charge in [0, 0.05) is 30.2 Å². The smallest absolute Gasteiger partial charge is 0.272 e. The Hall–Kier alpha value is -2.63. The molecule has 1 aliphatic heterocycles. The average molecular weight is 395 g/mol. The van der Waals surface area contributed by atoms with Gasteiger partial charge in [-0.25, -0.2) is 4.68 Å². The molecule has 2 heterocycles. The highest BCUT2D eigenvalue weighted by molar-refractivity contribution is 6.30. The predicted octanol–water partition coefficient (Wildman–Crippen LogP) is 3.97. The Morgan fingerprint density at radius 1 is 0.964 bits per heavy atom. The maximum atomic E-state index is 13.4. The number of nitrogens with zero attached hydrogens (tertiary/aromatic N) is 4. The molecule has 0 N–H and O–H groups in total. The highest BCUT2D eigenvalue weighted by atomic mass is 35.5. The molecular formula is C22H23ClN4O. The largest absolute Gasteiger partial charge is 0.336 e. The van der Waals surface area contributed by atoms with Crippen LogP contribution in [-0.2, 0) is 0 Å². The Balaban J connectivity index is 1.74. The first-order valence-electron chi connectivity index (χ1n) is 9.51. The van der Waals surface area contributed by atoms with E-state index in [9.17, 15) is 4.79 Å². The van der Waals surface area contributed by atoms with E-state index in [0.717, 1.165) is 49.5 Å². The standard InChI is InChI=1S/C22H23ClN4O/c1-25-12-5-13-26(15-14-25)22(28)21-16-20(17-8-10-18(23)11-9-17)24-27(21)19-6-3-2-4-7-19/h2-4,6-11,16H,5,12-15H2,1H3. The van der Waals surface area contributed by atoms with Crippen molar-refractivity contribution in [1.82, 2.24) is 19.6 Å². The highest BCUT2D eigenvalue weighted by Crippen LogP contribution is 2.24. The Morgan fingerprint density at radius 2 is 1.71 bits per heavy atom. The molecule has 3 aromatic rings. The molecule has 1 aromatic heterocycles. The molecule has 0 radical (unpaired) electrons. The lowest BCUT2D eigenvalue weighted by Crippen LogP contribution is -2.35. The van der Waals surface area contributed by atoms with Crippen LogP contribution in [-0.4, -0.2) is 58.7 Å². The van der Waals surface area contributed by atoms with Gasteiger partial charge in [-0.3, -0.25) is 4.79 Å². The Bertz CT molecular complexity index is 952. The number of benzene rings is 2. The molecule has 0 aliphatic carbocycles. The first-order valence-corrected chi connectivity index (χ1v) is 9.89. The molecule has 5 nitrogen and oxygen atoms in total. The van der Waals surface area contributed by atoms with E-state index in [2.05, 4.69) is 11.9 Å². The Kier molecular flexibility index (Phi) is 5.46. The minimum atomic E-state index is 0.0202. The second-order valence-electron chi connectivity index (χ2n) is 7.12. The third-order valence-corrected chi connectivity index (χ3v) is 5.33. The lowest BCUT2D eigenvalue weighted by molar-refractivity contribution is 0.0753. The van der Waals surface area contributed by atoms with Gasteiger partial charge < -0.3 is 9.80 Å². The van der Waals surface area contributed by atoms with Crippen molar-refractivity contribution in [2.75, 3.05) is 33.2 Å². The maximum Gasteiger partial charge on any atom is 0.272 e. The van der Waals surface area contributed by atoms with Crippen LogP contribution in [0.1, 0.15) is 16.9 Å². The van der Waals surface area contributed by atoms with Crippen LogP contribution >= 0.6 is 11.6 Å². The van der Waals surface area contributed by atoms with Crippen LogP contribution in [0.2, 0.25) is 5.02 Å². The fraction of sp³-hybridized carbons (Fsp3) is 0.273. The predicted molar refractivity (Wildman–Crippen MR) is 112 cm³/mol. The molecular weight excluding hydrogens is 372 g/mol. The van der Waals surface area contributed by atoms with Crippen LogP contribution in [0.15, 0.2) is 60.7 Å². The van der Waals surface area contributed by atoms with Crippen molar-refractivity contribution in [2.45, 2.75) is 6.42 Å². The second-order valence-corrected chi connectivity index (χ2v) is 7.55. The molecule has 0 spiro atoms. The SMILES string of the molecule is CN1CCCN(C(=O)c2cc(-c3ccc(Cl)cc3)nn2-c2ccccc2)CC1. The number of hydrogen-bond donors (Lipinski definition) is 0. The summed E-state index contributed by atoms with van der Waals surface area (Å²) in [5, 5.41) is 5.43. The molecule has 144 valence electrons. The van der Waals surface area contributed by atoms with Crippen LogP contribution in [0.4, 0.5) is 0 Å². The van der Waals surface area contributed by atoms with E-state index in [4.69, 9.17) is 16.7 Å². The normalized spacial score (nSPS) is 15.4. The fourth-order valence-corrected chi connectivity index (χ4v) is 3.60. The zero-order valence-electron chi connectivity index (χ0n) is 15.9. The summed E-state index contributed by atoms with van der Waals surface area (Å²) in [6.07, 6.45) is 0.978. The van der Waals surface area contributed by atoms with Crippen molar-refractivity contribution in [3.8, 4) is 16.9 Å². The van der Waals surface area contributed by atoms with Gasteiger partial charge in [0.05, 0.1) is 11.4 Å². The van der Waals surface area contributed by atoms with E-state index >= 15 is 0 Å². The van der Waals surface area contributed by atoms with Crippen molar-refractivity contribution >= 4 is 17.5 Å². The number of likely N-dealkylation sites (N-methyl/N-ethyl adjacent to an activating group) is 1. The molecule has 0 unspecified atom stereocenters. The summed E-state index contributed by atoms with van der Waals surface area (Å²) in [4.78, 5) is 17.6. The van der Waals surface area contributed by atoms with Gasteiger partial charge >= 0.3 is 0 Å². The lowest BCUT2D eigenvalue weighted by atomic mass is 10.1. The first kappa shape index (κ1) is 18.7. The molecule has 1 saturated heterocycles. The second kappa shape index (κ2) is 8.17. The van der Waals surface area contributed by atoms with E-state index < -0.39 is 0 Å². The molecule has 0 atom stereocenters. The lowest BCUT2D eigenvalue weighted by Gasteiger charge is -2.21. The maximum absolute atomic E-state index is 13.4. The molecule has 1 aliphatic rings. The Labute approximate surface area is 170 Å². The quantitative estimate of drug-likeness (QED) is 0.675. The van der Waals surface area contributed by atoms with E-state index in [1.807, 2.05) is 65.6 Å². The van der Waals surface area contributed by atoms with Crippen molar-refractivity contribution in [3.63, 3.8) is 0 Å². The number of halogens is 1. The summed E-state index contributed by atoms with van der Waals surface area (Å²) in [5.74, 6) is 0.0202. The molecule has 1 amide bonds. The highest BCUT2D eigenvalue weighted by Gasteiger charge is 2.24. The van der Waals surface area contributed by atoms with Crippen LogP contribution in [0.25, 0.3) is 16.9 Å². The average Bonchev–Trinajstić information content (AvgIpc) is 3.05. The molecule has 0 bridgehead atoms. The zero-order chi connectivity index (χ0) is 19.5. The van der Waals surface area contributed by atoms with Gasteiger partial charge in [0.25, 0.3) is 5.91 Å². The van der Waals surface area contributed by atoms with Gasteiger partial charge in [0.15, 0.2) is 0 Å². The van der Waals surface area contributed by atoms with Gasteiger partial charge in [-0.15, -0.1) is 0 Å². The number of hydrogen-bond acceptors (Lipinski definition) is 3. The van der Waals surface area contributed by atoms with E-state index in [0.29, 0.717) is 10.7 Å². The number of carbonyl (C=O) groups is 1. The van der Waals surface area contributed by atoms with Crippen molar-refractivity contribution in [2.24, 2.45) is 0 Å². The summed E-state index contributed by atoms with van der Waals surface area (Å²) in [6.45, 7) is 3.39. The minimum Gasteiger partial charge on any atom is -0.336 e. The summed E-state index contributed by atoms with van der Waals surface area (Å²) in [7, 11) is 2.10. The molecule has 1 fully saturated rings. The topological polar surface area (TPSA) is 41.4 Å². The summed E-state index contributed by atoms with van der Waals surface area (Å²) in [6, 6.07) is 19.2.